The maximum atomic E-state index is 11.4. The number of nitrogens with zero attached hydrogens (tertiary/aromatic N) is 1. The van der Waals surface area contributed by atoms with Crippen molar-refractivity contribution in [1.82, 2.24) is 10.2 Å². The Morgan fingerprint density at radius 1 is 1.22 bits per heavy atom. The molecule has 3 heteroatoms. The molecule has 1 amide bonds. The molecule has 2 saturated heterocycles. The summed E-state index contributed by atoms with van der Waals surface area (Å²) < 4.78 is 0. The third kappa shape index (κ3) is 2.41. The highest BCUT2D eigenvalue weighted by Crippen LogP contribution is 2.25. The molecule has 1 aromatic rings. The van der Waals surface area contributed by atoms with E-state index in [1.165, 1.54) is 5.56 Å². The molecule has 2 fully saturated rings. The summed E-state index contributed by atoms with van der Waals surface area (Å²) in [7, 11) is 0. The lowest BCUT2D eigenvalue weighted by molar-refractivity contribution is -0.123. The first-order valence-corrected chi connectivity index (χ1v) is 6.90. The van der Waals surface area contributed by atoms with Crippen LogP contribution in [0.3, 0.4) is 0 Å². The van der Waals surface area contributed by atoms with Crippen LogP contribution < -0.4 is 5.32 Å². The number of amides is 1. The Morgan fingerprint density at radius 2 is 2.06 bits per heavy atom. The fraction of sp³-hybridized carbons (Fsp3) is 0.533. The second-order valence-electron chi connectivity index (χ2n) is 5.34. The summed E-state index contributed by atoms with van der Waals surface area (Å²) >= 11 is 0. The van der Waals surface area contributed by atoms with Crippen LogP contribution in [0.4, 0.5) is 0 Å². The van der Waals surface area contributed by atoms with Gasteiger partial charge in [0, 0.05) is 31.6 Å². The second-order valence-corrected chi connectivity index (χ2v) is 5.34. The topological polar surface area (TPSA) is 32.3 Å². The van der Waals surface area contributed by atoms with Gasteiger partial charge in [-0.1, -0.05) is 30.3 Å². The molecule has 3 rings (SSSR count). The summed E-state index contributed by atoms with van der Waals surface area (Å²) in [6.07, 6.45) is 3.96. The van der Waals surface area contributed by atoms with Crippen LogP contribution in [-0.4, -0.2) is 36.0 Å². The van der Waals surface area contributed by atoms with Gasteiger partial charge in [-0.3, -0.25) is 9.69 Å². The van der Waals surface area contributed by atoms with E-state index in [2.05, 4.69) is 40.5 Å². The molecule has 2 aliphatic rings. The highest BCUT2D eigenvalue weighted by molar-refractivity contribution is 5.77. The SMILES string of the molecule is O=C1CC[C@H]2[C@H](CCN2CCc2ccccc2)N1. The Morgan fingerprint density at radius 3 is 2.89 bits per heavy atom. The van der Waals surface area contributed by atoms with Crippen LogP contribution in [-0.2, 0) is 11.2 Å². The molecule has 0 unspecified atom stereocenters. The molecule has 18 heavy (non-hydrogen) atoms. The molecule has 2 aliphatic heterocycles. The first kappa shape index (κ1) is 11.7. The molecule has 0 spiro atoms. The summed E-state index contributed by atoms with van der Waals surface area (Å²) in [6, 6.07) is 11.6. The maximum absolute atomic E-state index is 11.4. The van der Waals surface area contributed by atoms with Crippen molar-refractivity contribution in [2.75, 3.05) is 13.1 Å². The van der Waals surface area contributed by atoms with Crippen molar-refractivity contribution in [2.45, 2.75) is 37.8 Å². The van der Waals surface area contributed by atoms with E-state index in [1.54, 1.807) is 0 Å². The average Bonchev–Trinajstić information content (AvgIpc) is 2.80. The van der Waals surface area contributed by atoms with Gasteiger partial charge in [0.2, 0.25) is 5.91 Å². The van der Waals surface area contributed by atoms with E-state index in [-0.39, 0.29) is 5.91 Å². The zero-order valence-corrected chi connectivity index (χ0v) is 10.6. The van der Waals surface area contributed by atoms with Gasteiger partial charge in [0.25, 0.3) is 0 Å². The molecule has 1 N–H and O–H groups in total. The molecule has 3 nitrogen and oxygen atoms in total. The summed E-state index contributed by atoms with van der Waals surface area (Å²) in [6.45, 7) is 2.24. The van der Waals surface area contributed by atoms with Gasteiger partial charge < -0.3 is 5.32 Å². The molecule has 0 aliphatic carbocycles. The number of piperidine rings is 1. The Hall–Kier alpha value is -1.35. The van der Waals surface area contributed by atoms with Crippen LogP contribution in [0.25, 0.3) is 0 Å². The van der Waals surface area contributed by atoms with Gasteiger partial charge in [0.1, 0.15) is 0 Å². The number of likely N-dealkylation sites (tertiary alicyclic amines) is 1. The third-order valence-electron chi connectivity index (χ3n) is 4.20. The summed E-state index contributed by atoms with van der Waals surface area (Å²) in [5, 5.41) is 3.13. The Balaban J connectivity index is 1.56. The normalized spacial score (nSPS) is 27.9. The lowest BCUT2D eigenvalue weighted by Crippen LogP contribution is -2.49. The maximum Gasteiger partial charge on any atom is 0.220 e. The van der Waals surface area contributed by atoms with Crippen LogP contribution in [0.2, 0.25) is 0 Å². The third-order valence-corrected chi connectivity index (χ3v) is 4.20. The molecule has 2 atom stereocenters. The highest BCUT2D eigenvalue weighted by Gasteiger charge is 2.37. The van der Waals surface area contributed by atoms with E-state index in [4.69, 9.17) is 0 Å². The van der Waals surface area contributed by atoms with Crippen molar-refractivity contribution in [3.63, 3.8) is 0 Å². The number of hydrogen-bond acceptors (Lipinski definition) is 2. The molecule has 0 radical (unpaired) electrons. The van der Waals surface area contributed by atoms with Gasteiger partial charge in [-0.05, 0) is 24.8 Å². The van der Waals surface area contributed by atoms with Crippen molar-refractivity contribution in [2.24, 2.45) is 0 Å². The van der Waals surface area contributed by atoms with Crippen molar-refractivity contribution < 1.29 is 4.79 Å². The van der Waals surface area contributed by atoms with Crippen LogP contribution in [0.1, 0.15) is 24.8 Å². The minimum Gasteiger partial charge on any atom is -0.352 e. The lowest BCUT2D eigenvalue weighted by Gasteiger charge is -2.32. The number of fused-ring (bicyclic) bond motifs is 1. The summed E-state index contributed by atoms with van der Waals surface area (Å²) in [5.74, 6) is 0.237. The predicted molar refractivity (Wildman–Crippen MR) is 71.3 cm³/mol. The van der Waals surface area contributed by atoms with E-state index in [0.29, 0.717) is 18.5 Å². The minimum absolute atomic E-state index is 0.237. The zero-order valence-electron chi connectivity index (χ0n) is 10.6. The van der Waals surface area contributed by atoms with E-state index in [9.17, 15) is 4.79 Å². The van der Waals surface area contributed by atoms with Gasteiger partial charge in [-0.25, -0.2) is 0 Å². The lowest BCUT2D eigenvalue weighted by atomic mass is 9.99. The number of carbonyl (C=O) groups is 1. The number of nitrogens with one attached hydrogen (secondary N) is 1. The summed E-state index contributed by atoms with van der Waals surface area (Å²) in [5.41, 5.74) is 1.40. The largest absolute Gasteiger partial charge is 0.352 e. The van der Waals surface area contributed by atoms with Crippen molar-refractivity contribution in [3.05, 3.63) is 35.9 Å². The van der Waals surface area contributed by atoms with E-state index >= 15 is 0 Å². The van der Waals surface area contributed by atoms with Gasteiger partial charge >= 0.3 is 0 Å². The van der Waals surface area contributed by atoms with E-state index < -0.39 is 0 Å². The van der Waals surface area contributed by atoms with Crippen LogP contribution >= 0.6 is 0 Å². The fourth-order valence-electron chi connectivity index (χ4n) is 3.22. The molecule has 96 valence electrons. The number of rotatable bonds is 3. The smallest absolute Gasteiger partial charge is 0.220 e. The predicted octanol–water partition coefficient (Wildman–Crippen LogP) is 1.58. The average molecular weight is 244 g/mol. The van der Waals surface area contributed by atoms with Crippen molar-refractivity contribution in [3.8, 4) is 0 Å². The van der Waals surface area contributed by atoms with Crippen molar-refractivity contribution in [1.29, 1.82) is 0 Å². The first-order chi connectivity index (χ1) is 8.83. The Kier molecular flexibility index (Phi) is 3.33. The monoisotopic (exact) mass is 244 g/mol. The molecular formula is C15H20N2O. The van der Waals surface area contributed by atoms with Gasteiger partial charge in [0.15, 0.2) is 0 Å². The Bertz CT molecular complexity index is 418. The van der Waals surface area contributed by atoms with E-state index in [1.807, 2.05) is 0 Å². The van der Waals surface area contributed by atoms with Crippen LogP contribution in [0.5, 0.6) is 0 Å². The number of hydrogen-bond donors (Lipinski definition) is 1. The standard InChI is InChI=1S/C15H20N2O/c18-15-7-6-14-13(16-15)9-11-17(14)10-8-12-4-2-1-3-5-12/h1-5,13-14H,6-11H2,(H,16,18)/t13-,14-/m0/s1. The molecule has 0 saturated carbocycles. The molecular weight excluding hydrogens is 224 g/mol. The molecule has 1 aromatic carbocycles. The van der Waals surface area contributed by atoms with Crippen LogP contribution in [0.15, 0.2) is 30.3 Å². The van der Waals surface area contributed by atoms with Gasteiger partial charge in [-0.15, -0.1) is 0 Å². The molecule has 0 bridgehead atoms. The molecule has 2 heterocycles. The summed E-state index contributed by atoms with van der Waals surface area (Å²) in [4.78, 5) is 13.9. The zero-order chi connectivity index (χ0) is 12.4. The van der Waals surface area contributed by atoms with Crippen molar-refractivity contribution >= 4 is 5.91 Å². The van der Waals surface area contributed by atoms with Gasteiger partial charge in [0.05, 0.1) is 0 Å². The second kappa shape index (κ2) is 5.11. The highest BCUT2D eigenvalue weighted by atomic mass is 16.1. The quantitative estimate of drug-likeness (QED) is 0.875. The van der Waals surface area contributed by atoms with E-state index in [0.717, 1.165) is 32.4 Å². The molecule has 0 aromatic heterocycles. The minimum atomic E-state index is 0.237. The fourth-order valence-corrected chi connectivity index (χ4v) is 3.22. The van der Waals surface area contributed by atoms with Crippen LogP contribution in [0, 0.1) is 0 Å². The first-order valence-electron chi connectivity index (χ1n) is 6.90. The van der Waals surface area contributed by atoms with Gasteiger partial charge in [-0.2, -0.15) is 0 Å². The number of benzene rings is 1. The Labute approximate surface area is 108 Å². The number of carbonyl (C=O) groups excluding carboxylic acids is 1.